The second-order valence-corrected chi connectivity index (χ2v) is 4.44. The Bertz CT molecular complexity index is 681. The number of hydrogen-bond acceptors (Lipinski definition) is 3. The molecule has 0 aliphatic heterocycles. The zero-order chi connectivity index (χ0) is 14.5. The summed E-state index contributed by atoms with van der Waals surface area (Å²) in [5, 5.41) is 9.36. The summed E-state index contributed by atoms with van der Waals surface area (Å²) in [6, 6.07) is 9.50. The molecule has 0 radical (unpaired) electrons. The molecule has 0 aliphatic carbocycles. The van der Waals surface area contributed by atoms with E-state index >= 15 is 0 Å². The van der Waals surface area contributed by atoms with Crippen molar-refractivity contribution in [1.82, 2.24) is 4.57 Å². The number of nitrogens with zero attached hydrogens (tertiary/aromatic N) is 1. The summed E-state index contributed by atoms with van der Waals surface area (Å²) in [5.41, 5.74) is -0.222. The number of carbonyl (C=O) groups is 1. The first-order valence-electron chi connectivity index (χ1n) is 5.89. The minimum absolute atomic E-state index is 0.0577. The van der Waals surface area contributed by atoms with Gasteiger partial charge in [0.2, 0.25) is 0 Å². The lowest BCUT2D eigenvalue weighted by molar-refractivity contribution is 0.0695. The average molecular weight is 294 g/mol. The second kappa shape index (κ2) is 6.25. The van der Waals surface area contributed by atoms with Crippen molar-refractivity contribution in [3.8, 4) is 5.75 Å². The number of rotatable bonds is 5. The summed E-state index contributed by atoms with van der Waals surface area (Å²) in [5.74, 6) is -0.553. The fourth-order valence-electron chi connectivity index (χ4n) is 1.65. The van der Waals surface area contributed by atoms with E-state index in [1.165, 1.54) is 22.9 Å². The molecule has 0 spiro atoms. The first-order chi connectivity index (χ1) is 9.58. The largest absolute Gasteiger partial charge is 0.490 e. The predicted molar refractivity (Wildman–Crippen MR) is 74.6 cm³/mol. The van der Waals surface area contributed by atoms with Gasteiger partial charge in [0, 0.05) is 12.3 Å². The van der Waals surface area contributed by atoms with Gasteiger partial charge in [-0.1, -0.05) is 23.7 Å². The van der Waals surface area contributed by atoms with Gasteiger partial charge in [0.15, 0.2) is 0 Å². The van der Waals surface area contributed by atoms with Crippen LogP contribution in [0.2, 0.25) is 5.02 Å². The van der Waals surface area contributed by atoms with E-state index in [9.17, 15) is 9.59 Å². The molecular formula is C14H12ClNO4. The number of pyridine rings is 1. The van der Waals surface area contributed by atoms with Crippen LogP contribution < -0.4 is 10.3 Å². The van der Waals surface area contributed by atoms with Crippen LogP contribution in [0, 0.1) is 0 Å². The molecule has 0 fully saturated rings. The maximum Gasteiger partial charge on any atom is 0.337 e. The Morgan fingerprint density at radius 2 is 2.00 bits per heavy atom. The molecule has 1 heterocycles. The smallest absolute Gasteiger partial charge is 0.337 e. The zero-order valence-corrected chi connectivity index (χ0v) is 11.2. The summed E-state index contributed by atoms with van der Waals surface area (Å²) < 4.78 is 6.75. The second-order valence-electron chi connectivity index (χ2n) is 4.03. The van der Waals surface area contributed by atoms with Crippen molar-refractivity contribution in [3.05, 3.63) is 63.5 Å². The topological polar surface area (TPSA) is 68.5 Å². The van der Waals surface area contributed by atoms with Gasteiger partial charge in [-0.15, -0.1) is 0 Å². The molecule has 1 N–H and O–H groups in total. The van der Waals surface area contributed by atoms with Crippen LogP contribution in [-0.4, -0.2) is 22.2 Å². The van der Waals surface area contributed by atoms with Gasteiger partial charge in [-0.3, -0.25) is 4.79 Å². The maximum atomic E-state index is 11.6. The number of benzene rings is 1. The normalized spacial score (nSPS) is 10.2. The standard InChI is InChI=1S/C14H12ClNO4/c15-11-3-1-2-4-12(11)20-8-7-16-9-10(14(18)19)5-6-13(16)17/h1-6,9H,7-8H2,(H,18,19). The average Bonchev–Trinajstić information content (AvgIpc) is 2.42. The van der Waals surface area contributed by atoms with Gasteiger partial charge in [0.25, 0.3) is 5.56 Å². The van der Waals surface area contributed by atoms with Gasteiger partial charge in [-0.2, -0.15) is 0 Å². The number of carboxylic acid groups (broad SMARTS) is 1. The Hall–Kier alpha value is -2.27. The number of aromatic carboxylic acids is 1. The minimum atomic E-state index is -1.08. The Labute approximate surface area is 120 Å². The Morgan fingerprint density at radius 3 is 2.70 bits per heavy atom. The lowest BCUT2D eigenvalue weighted by atomic mass is 10.3. The molecule has 2 aromatic rings. The SMILES string of the molecule is O=C(O)c1ccc(=O)n(CCOc2ccccc2Cl)c1. The summed E-state index contributed by atoms with van der Waals surface area (Å²) >= 11 is 5.93. The predicted octanol–water partition coefficient (Wildman–Crippen LogP) is 2.28. The van der Waals surface area contributed by atoms with E-state index in [1.54, 1.807) is 24.3 Å². The van der Waals surface area contributed by atoms with Crippen molar-refractivity contribution in [2.75, 3.05) is 6.61 Å². The van der Waals surface area contributed by atoms with E-state index in [4.69, 9.17) is 21.4 Å². The molecule has 6 heteroatoms. The van der Waals surface area contributed by atoms with Gasteiger partial charge < -0.3 is 14.4 Å². The molecule has 0 bridgehead atoms. The lowest BCUT2D eigenvalue weighted by Crippen LogP contribution is -2.23. The third kappa shape index (κ3) is 3.39. The van der Waals surface area contributed by atoms with Crippen molar-refractivity contribution in [2.24, 2.45) is 0 Å². The third-order valence-corrected chi connectivity index (χ3v) is 2.97. The highest BCUT2D eigenvalue weighted by Crippen LogP contribution is 2.22. The molecule has 20 heavy (non-hydrogen) atoms. The first kappa shape index (κ1) is 14.1. The highest BCUT2D eigenvalue weighted by atomic mass is 35.5. The third-order valence-electron chi connectivity index (χ3n) is 2.66. The number of ether oxygens (including phenoxy) is 1. The molecule has 1 aromatic heterocycles. The molecule has 0 atom stereocenters. The molecular weight excluding hydrogens is 282 g/mol. The van der Waals surface area contributed by atoms with Crippen LogP contribution in [-0.2, 0) is 6.54 Å². The van der Waals surface area contributed by atoms with Crippen molar-refractivity contribution in [2.45, 2.75) is 6.54 Å². The molecule has 1 aromatic carbocycles. The molecule has 0 amide bonds. The highest BCUT2D eigenvalue weighted by molar-refractivity contribution is 6.32. The summed E-state index contributed by atoms with van der Waals surface area (Å²) in [4.78, 5) is 22.4. The molecule has 5 nitrogen and oxygen atoms in total. The van der Waals surface area contributed by atoms with E-state index < -0.39 is 5.97 Å². The van der Waals surface area contributed by atoms with Crippen LogP contribution in [0.25, 0.3) is 0 Å². The zero-order valence-electron chi connectivity index (χ0n) is 10.5. The van der Waals surface area contributed by atoms with Crippen LogP contribution in [0.15, 0.2) is 47.4 Å². The molecule has 0 saturated heterocycles. The fourth-order valence-corrected chi connectivity index (χ4v) is 1.84. The van der Waals surface area contributed by atoms with Gasteiger partial charge >= 0.3 is 5.97 Å². The minimum Gasteiger partial charge on any atom is -0.490 e. The summed E-state index contributed by atoms with van der Waals surface area (Å²) in [6.45, 7) is 0.456. The molecule has 104 valence electrons. The summed E-state index contributed by atoms with van der Waals surface area (Å²) in [7, 11) is 0. The van der Waals surface area contributed by atoms with Crippen molar-refractivity contribution < 1.29 is 14.6 Å². The number of carboxylic acids is 1. The van der Waals surface area contributed by atoms with E-state index in [0.29, 0.717) is 10.8 Å². The van der Waals surface area contributed by atoms with Crippen molar-refractivity contribution in [1.29, 1.82) is 0 Å². The molecule has 0 aliphatic rings. The van der Waals surface area contributed by atoms with Crippen LogP contribution in [0.4, 0.5) is 0 Å². The van der Waals surface area contributed by atoms with Gasteiger partial charge in [0.05, 0.1) is 17.1 Å². The van der Waals surface area contributed by atoms with Gasteiger partial charge in [-0.05, 0) is 18.2 Å². The molecule has 2 rings (SSSR count). The number of halogens is 1. The van der Waals surface area contributed by atoms with E-state index in [1.807, 2.05) is 0 Å². The summed E-state index contributed by atoms with van der Waals surface area (Å²) in [6.07, 6.45) is 1.29. The number of hydrogen-bond donors (Lipinski definition) is 1. The van der Waals surface area contributed by atoms with Crippen molar-refractivity contribution >= 4 is 17.6 Å². The van der Waals surface area contributed by atoms with Gasteiger partial charge in [0.1, 0.15) is 12.4 Å². The van der Waals surface area contributed by atoms with Crippen LogP contribution in [0.5, 0.6) is 5.75 Å². The highest BCUT2D eigenvalue weighted by Gasteiger charge is 2.05. The first-order valence-corrected chi connectivity index (χ1v) is 6.27. The van der Waals surface area contributed by atoms with E-state index in [2.05, 4.69) is 0 Å². The van der Waals surface area contributed by atoms with E-state index in [0.717, 1.165) is 0 Å². The van der Waals surface area contributed by atoms with Crippen LogP contribution in [0.1, 0.15) is 10.4 Å². The van der Waals surface area contributed by atoms with Gasteiger partial charge in [-0.25, -0.2) is 4.79 Å². The number of aromatic nitrogens is 1. The quantitative estimate of drug-likeness (QED) is 0.918. The lowest BCUT2D eigenvalue weighted by Gasteiger charge is -2.09. The van der Waals surface area contributed by atoms with E-state index in [-0.39, 0.29) is 24.3 Å². The molecule has 0 unspecified atom stereocenters. The Morgan fingerprint density at radius 1 is 1.25 bits per heavy atom. The number of para-hydroxylation sites is 1. The van der Waals surface area contributed by atoms with Crippen molar-refractivity contribution in [3.63, 3.8) is 0 Å². The van der Waals surface area contributed by atoms with Crippen LogP contribution >= 0.6 is 11.6 Å². The monoisotopic (exact) mass is 293 g/mol. The Balaban J connectivity index is 2.04. The fraction of sp³-hybridized carbons (Fsp3) is 0.143. The Kier molecular flexibility index (Phi) is 4.42. The molecule has 0 saturated carbocycles. The maximum absolute atomic E-state index is 11.6. The van der Waals surface area contributed by atoms with Crippen LogP contribution in [0.3, 0.4) is 0 Å².